The predicted octanol–water partition coefficient (Wildman–Crippen LogP) is 5.26. The normalized spacial score (nSPS) is 12.3. The van der Waals surface area contributed by atoms with Gasteiger partial charge in [-0.15, -0.1) is 0 Å². The molecule has 0 heterocycles. The molecule has 0 aliphatic rings. The first kappa shape index (κ1) is 19.2. The van der Waals surface area contributed by atoms with Crippen molar-refractivity contribution in [1.82, 2.24) is 0 Å². The highest BCUT2D eigenvalue weighted by molar-refractivity contribution is 7.99. The predicted molar refractivity (Wildman–Crippen MR) is 87.7 cm³/mol. The van der Waals surface area contributed by atoms with Crippen LogP contribution in [0.3, 0.4) is 0 Å². The average Bonchev–Trinajstić information content (AvgIpc) is 2.55. The average molecular weight is 386 g/mol. The van der Waals surface area contributed by atoms with Gasteiger partial charge in [-0.05, 0) is 61.0 Å². The lowest BCUT2D eigenvalue weighted by atomic mass is 10.1. The Bertz CT molecular complexity index is 816. The molecule has 2 aromatic rings. The van der Waals surface area contributed by atoms with Gasteiger partial charge in [0.2, 0.25) is 0 Å². The second-order valence-corrected chi connectivity index (χ2v) is 6.45. The van der Waals surface area contributed by atoms with Crippen molar-refractivity contribution < 1.29 is 22.7 Å². The van der Waals surface area contributed by atoms with Crippen LogP contribution in [0.2, 0.25) is 0 Å². The van der Waals surface area contributed by atoms with E-state index in [0.29, 0.717) is 15.5 Å². The highest BCUT2D eigenvalue weighted by Crippen LogP contribution is 2.36. The lowest BCUT2D eigenvalue weighted by Crippen LogP contribution is -2.18. The number of carbonyl (C=O) groups excluding carboxylic acids is 1. The molecule has 0 saturated carbocycles. The number of nitriles is 1. The molecular formula is C17H11ClF3NO2S. The van der Waals surface area contributed by atoms with Crippen molar-refractivity contribution in [2.45, 2.75) is 29.0 Å². The maximum Gasteiger partial charge on any atom is 0.416 e. The summed E-state index contributed by atoms with van der Waals surface area (Å²) in [6, 6.07) is 11.4. The van der Waals surface area contributed by atoms with Gasteiger partial charge in [-0.3, -0.25) is 4.79 Å². The van der Waals surface area contributed by atoms with Crippen LogP contribution in [0.25, 0.3) is 0 Å². The third-order valence-corrected chi connectivity index (χ3v) is 4.50. The fourth-order valence-electron chi connectivity index (χ4n) is 1.85. The Balaban J connectivity index is 2.17. The maximum atomic E-state index is 12.7. The Hall–Kier alpha value is -2.17. The molecule has 0 N–H and O–H groups in total. The summed E-state index contributed by atoms with van der Waals surface area (Å²) in [6.07, 6.45) is -5.29. The Labute approximate surface area is 151 Å². The number of hydrogen-bond acceptors (Lipinski definition) is 4. The van der Waals surface area contributed by atoms with Crippen molar-refractivity contribution in [2.75, 3.05) is 0 Å². The first-order valence-electron chi connectivity index (χ1n) is 6.96. The van der Waals surface area contributed by atoms with Gasteiger partial charge in [0.15, 0.2) is 6.10 Å². The van der Waals surface area contributed by atoms with E-state index in [1.165, 1.54) is 13.0 Å². The Morgan fingerprint density at radius 2 is 1.88 bits per heavy atom. The molecule has 2 aromatic carbocycles. The monoisotopic (exact) mass is 385 g/mol. The molecule has 0 radical (unpaired) electrons. The summed E-state index contributed by atoms with van der Waals surface area (Å²) in [5.41, 5.74) is -0.918. The zero-order chi connectivity index (χ0) is 18.6. The van der Waals surface area contributed by atoms with Crippen LogP contribution < -0.4 is 4.74 Å². The first-order valence-corrected chi connectivity index (χ1v) is 8.15. The molecule has 0 aliphatic carbocycles. The van der Waals surface area contributed by atoms with E-state index in [1.807, 2.05) is 0 Å². The maximum absolute atomic E-state index is 12.7. The number of ether oxygens (including phenoxy) is 1. The zero-order valence-corrected chi connectivity index (χ0v) is 14.4. The molecule has 0 spiro atoms. The van der Waals surface area contributed by atoms with Crippen LogP contribution in [0.4, 0.5) is 13.2 Å². The van der Waals surface area contributed by atoms with Crippen LogP contribution in [0.1, 0.15) is 18.1 Å². The number of alkyl halides is 3. The third kappa shape index (κ3) is 5.15. The molecule has 3 nitrogen and oxygen atoms in total. The van der Waals surface area contributed by atoms with Crippen LogP contribution in [0.15, 0.2) is 52.3 Å². The van der Waals surface area contributed by atoms with E-state index in [0.717, 1.165) is 23.9 Å². The number of carbonyl (C=O) groups is 1. The van der Waals surface area contributed by atoms with Gasteiger partial charge in [-0.1, -0.05) is 11.8 Å². The second kappa shape index (κ2) is 7.81. The molecule has 0 aliphatic heterocycles. The summed E-state index contributed by atoms with van der Waals surface area (Å²) in [6.45, 7) is 1.51. The summed E-state index contributed by atoms with van der Waals surface area (Å²) in [7, 11) is 0. The van der Waals surface area contributed by atoms with E-state index < -0.39 is 23.1 Å². The van der Waals surface area contributed by atoms with Gasteiger partial charge in [0.25, 0.3) is 5.24 Å². The number of nitrogens with zero attached hydrogens (tertiary/aromatic N) is 1. The molecule has 2 rings (SSSR count). The van der Waals surface area contributed by atoms with E-state index in [9.17, 15) is 18.0 Å². The molecule has 0 aromatic heterocycles. The molecule has 8 heteroatoms. The molecule has 0 bridgehead atoms. The van der Waals surface area contributed by atoms with Gasteiger partial charge >= 0.3 is 6.18 Å². The van der Waals surface area contributed by atoms with E-state index in [1.54, 1.807) is 30.3 Å². The van der Waals surface area contributed by atoms with Gasteiger partial charge in [-0.2, -0.15) is 18.4 Å². The Kier molecular flexibility index (Phi) is 5.98. The quantitative estimate of drug-likeness (QED) is 0.658. The van der Waals surface area contributed by atoms with Crippen molar-refractivity contribution in [3.63, 3.8) is 0 Å². The molecule has 25 heavy (non-hydrogen) atoms. The minimum Gasteiger partial charge on any atom is -0.482 e. The summed E-state index contributed by atoms with van der Waals surface area (Å²) in [5.74, 6) is 0.429. The van der Waals surface area contributed by atoms with Crippen molar-refractivity contribution in [3.05, 3.63) is 53.6 Å². The Morgan fingerprint density at radius 1 is 1.24 bits per heavy atom. The molecule has 0 saturated heterocycles. The topological polar surface area (TPSA) is 50.1 Å². The standard InChI is InChI=1S/C17H11ClF3NO2S/c1-10(16(18)23)24-13-3-5-14(6-4-13)25-15-7-2-12(17(19,20)21)8-11(15)9-22/h2-8,10H,1H3. The number of hydrogen-bond donors (Lipinski definition) is 0. The lowest BCUT2D eigenvalue weighted by molar-refractivity contribution is -0.137. The second-order valence-electron chi connectivity index (χ2n) is 4.96. The van der Waals surface area contributed by atoms with Gasteiger partial charge in [-0.25, -0.2) is 0 Å². The van der Waals surface area contributed by atoms with E-state index >= 15 is 0 Å². The first-order chi connectivity index (χ1) is 11.7. The van der Waals surface area contributed by atoms with Gasteiger partial charge in [0.05, 0.1) is 11.1 Å². The van der Waals surface area contributed by atoms with Crippen molar-refractivity contribution in [3.8, 4) is 11.8 Å². The minimum atomic E-state index is -4.50. The van der Waals surface area contributed by atoms with Gasteiger partial charge in [0.1, 0.15) is 11.8 Å². The van der Waals surface area contributed by atoms with E-state index in [-0.39, 0.29) is 5.56 Å². The highest BCUT2D eigenvalue weighted by atomic mass is 35.5. The molecule has 0 fully saturated rings. The Morgan fingerprint density at radius 3 is 2.40 bits per heavy atom. The van der Waals surface area contributed by atoms with Crippen LogP contribution in [-0.4, -0.2) is 11.3 Å². The van der Waals surface area contributed by atoms with Crippen molar-refractivity contribution in [2.24, 2.45) is 0 Å². The minimum absolute atomic E-state index is 0.0542. The van der Waals surface area contributed by atoms with Crippen LogP contribution in [0.5, 0.6) is 5.75 Å². The van der Waals surface area contributed by atoms with E-state index in [2.05, 4.69) is 0 Å². The molecule has 1 atom stereocenters. The van der Waals surface area contributed by atoms with Crippen molar-refractivity contribution in [1.29, 1.82) is 5.26 Å². The molecule has 130 valence electrons. The lowest BCUT2D eigenvalue weighted by Gasteiger charge is -2.12. The van der Waals surface area contributed by atoms with Gasteiger partial charge in [0, 0.05) is 9.79 Å². The van der Waals surface area contributed by atoms with Crippen LogP contribution in [0, 0.1) is 11.3 Å². The summed E-state index contributed by atoms with van der Waals surface area (Å²) < 4.78 is 43.4. The highest BCUT2D eigenvalue weighted by Gasteiger charge is 2.31. The largest absolute Gasteiger partial charge is 0.482 e. The van der Waals surface area contributed by atoms with E-state index in [4.69, 9.17) is 21.6 Å². The molecular weight excluding hydrogens is 375 g/mol. The smallest absolute Gasteiger partial charge is 0.416 e. The SMILES string of the molecule is CC(Oc1ccc(Sc2ccc(C(F)(F)F)cc2C#N)cc1)C(=O)Cl. The summed E-state index contributed by atoms with van der Waals surface area (Å²) >= 11 is 6.47. The fourth-order valence-corrected chi connectivity index (χ4v) is 2.77. The van der Waals surface area contributed by atoms with Crippen LogP contribution in [-0.2, 0) is 11.0 Å². The number of halogens is 4. The summed E-state index contributed by atoms with van der Waals surface area (Å²) in [5, 5.41) is 8.46. The third-order valence-electron chi connectivity index (χ3n) is 3.11. The zero-order valence-electron chi connectivity index (χ0n) is 12.8. The molecule has 1 unspecified atom stereocenters. The number of benzene rings is 2. The van der Waals surface area contributed by atoms with Crippen LogP contribution >= 0.6 is 23.4 Å². The fraction of sp³-hybridized carbons (Fsp3) is 0.176. The van der Waals surface area contributed by atoms with Gasteiger partial charge < -0.3 is 4.74 Å². The molecule has 0 amide bonds. The number of rotatable bonds is 5. The van der Waals surface area contributed by atoms with Crippen molar-refractivity contribution >= 4 is 28.6 Å². The summed E-state index contributed by atoms with van der Waals surface area (Å²) in [4.78, 5) is 12.1.